The van der Waals surface area contributed by atoms with Crippen LogP contribution in [-0.4, -0.2) is 61.2 Å². The Labute approximate surface area is 156 Å². The fourth-order valence-corrected chi connectivity index (χ4v) is 2.67. The van der Waals surface area contributed by atoms with Crippen LogP contribution in [0.25, 0.3) is 0 Å². The molecule has 1 saturated heterocycles. The minimum Gasteiger partial charge on any atom is -0.494 e. The molecule has 0 aliphatic carbocycles. The third kappa shape index (κ3) is 6.58. The van der Waals surface area contributed by atoms with Gasteiger partial charge in [0.1, 0.15) is 5.75 Å². The van der Waals surface area contributed by atoms with E-state index < -0.39 is 0 Å². The largest absolute Gasteiger partial charge is 0.494 e. The van der Waals surface area contributed by atoms with E-state index in [0.717, 1.165) is 5.75 Å². The Balaban J connectivity index is 1.62. The number of hydrogen-bond acceptors (Lipinski definition) is 4. The van der Waals surface area contributed by atoms with Crippen molar-refractivity contribution < 1.29 is 19.1 Å². The van der Waals surface area contributed by atoms with Gasteiger partial charge in [0.25, 0.3) is 0 Å². The Morgan fingerprint density at radius 3 is 2.27 bits per heavy atom. The van der Waals surface area contributed by atoms with Crippen molar-refractivity contribution in [3.8, 4) is 5.75 Å². The summed E-state index contributed by atoms with van der Waals surface area (Å²) in [5, 5.41) is 0. The molecular formula is C20H30N2O4. The van der Waals surface area contributed by atoms with Crippen molar-refractivity contribution >= 4 is 12.0 Å². The smallest absolute Gasteiger partial charge is 0.409 e. The van der Waals surface area contributed by atoms with Crippen LogP contribution in [0, 0.1) is 12.8 Å². The summed E-state index contributed by atoms with van der Waals surface area (Å²) >= 11 is 0. The Morgan fingerprint density at radius 2 is 1.65 bits per heavy atom. The standard InChI is InChI=1S/C20H30N2O4/c1-16(2)15-26-20(24)22-12-10-21(11-13-22)19(23)5-4-14-25-18-8-6-17(3)7-9-18/h6-9,16H,4-5,10-15H2,1-3H3. The number of piperazine rings is 1. The van der Waals surface area contributed by atoms with Gasteiger partial charge in [-0.05, 0) is 31.4 Å². The number of aryl methyl sites for hydroxylation is 1. The Morgan fingerprint density at radius 1 is 1.04 bits per heavy atom. The molecule has 1 fully saturated rings. The summed E-state index contributed by atoms with van der Waals surface area (Å²) in [4.78, 5) is 27.7. The van der Waals surface area contributed by atoms with E-state index in [1.54, 1.807) is 4.90 Å². The van der Waals surface area contributed by atoms with Gasteiger partial charge in [-0.1, -0.05) is 31.5 Å². The van der Waals surface area contributed by atoms with Crippen LogP contribution in [-0.2, 0) is 9.53 Å². The summed E-state index contributed by atoms with van der Waals surface area (Å²) in [6, 6.07) is 7.89. The van der Waals surface area contributed by atoms with Crippen LogP contribution in [0.2, 0.25) is 0 Å². The summed E-state index contributed by atoms with van der Waals surface area (Å²) in [6.07, 6.45) is 0.866. The Hall–Kier alpha value is -2.24. The van der Waals surface area contributed by atoms with Gasteiger partial charge in [-0.15, -0.1) is 0 Å². The molecule has 0 aromatic heterocycles. The average molecular weight is 362 g/mol. The summed E-state index contributed by atoms with van der Waals surface area (Å²) in [5.41, 5.74) is 1.19. The van der Waals surface area contributed by atoms with Gasteiger partial charge in [-0.2, -0.15) is 0 Å². The van der Waals surface area contributed by atoms with E-state index in [4.69, 9.17) is 9.47 Å². The number of nitrogens with zero attached hydrogens (tertiary/aromatic N) is 2. The van der Waals surface area contributed by atoms with Crippen molar-refractivity contribution in [2.75, 3.05) is 39.4 Å². The predicted octanol–water partition coefficient (Wildman–Crippen LogP) is 3.09. The fourth-order valence-electron chi connectivity index (χ4n) is 2.67. The topological polar surface area (TPSA) is 59.1 Å². The first-order valence-corrected chi connectivity index (χ1v) is 9.34. The zero-order chi connectivity index (χ0) is 18.9. The van der Waals surface area contributed by atoms with Gasteiger partial charge in [0.2, 0.25) is 5.91 Å². The second-order valence-corrected chi connectivity index (χ2v) is 7.10. The zero-order valence-electron chi connectivity index (χ0n) is 16.1. The van der Waals surface area contributed by atoms with Gasteiger partial charge >= 0.3 is 6.09 Å². The lowest BCUT2D eigenvalue weighted by molar-refractivity contribution is -0.133. The molecular weight excluding hydrogens is 332 g/mol. The lowest BCUT2D eigenvalue weighted by Crippen LogP contribution is -2.50. The third-order valence-corrected chi connectivity index (χ3v) is 4.26. The normalized spacial score (nSPS) is 14.5. The van der Waals surface area contributed by atoms with E-state index >= 15 is 0 Å². The Bertz CT molecular complexity index is 578. The number of amides is 2. The number of rotatable bonds is 7. The van der Waals surface area contributed by atoms with E-state index in [1.165, 1.54) is 5.56 Å². The number of carbonyl (C=O) groups is 2. The molecule has 0 N–H and O–H groups in total. The molecule has 0 saturated carbocycles. The molecule has 0 atom stereocenters. The van der Waals surface area contributed by atoms with Crippen LogP contribution in [0.5, 0.6) is 5.75 Å². The summed E-state index contributed by atoms with van der Waals surface area (Å²) < 4.78 is 10.9. The fraction of sp³-hybridized carbons (Fsp3) is 0.600. The van der Waals surface area contributed by atoms with Gasteiger partial charge in [0, 0.05) is 32.6 Å². The van der Waals surface area contributed by atoms with E-state index in [-0.39, 0.29) is 12.0 Å². The maximum absolute atomic E-state index is 12.3. The number of ether oxygens (including phenoxy) is 2. The first-order chi connectivity index (χ1) is 12.5. The van der Waals surface area contributed by atoms with E-state index in [0.29, 0.717) is 58.2 Å². The van der Waals surface area contributed by atoms with Gasteiger partial charge in [-0.25, -0.2) is 4.79 Å². The van der Waals surface area contributed by atoms with Gasteiger partial charge in [-0.3, -0.25) is 4.79 Å². The van der Waals surface area contributed by atoms with Crippen LogP contribution < -0.4 is 4.74 Å². The van der Waals surface area contributed by atoms with Crippen LogP contribution in [0.1, 0.15) is 32.3 Å². The second kappa shape index (κ2) is 10.0. The quantitative estimate of drug-likeness (QED) is 0.700. The molecule has 2 amide bonds. The third-order valence-electron chi connectivity index (χ3n) is 4.26. The molecule has 1 aliphatic heterocycles. The Kier molecular flexibility index (Phi) is 7.75. The monoisotopic (exact) mass is 362 g/mol. The van der Waals surface area contributed by atoms with E-state index in [1.807, 2.05) is 49.9 Å². The SMILES string of the molecule is Cc1ccc(OCCCC(=O)N2CCN(C(=O)OCC(C)C)CC2)cc1. The number of hydrogen-bond donors (Lipinski definition) is 0. The molecule has 144 valence electrons. The number of benzene rings is 1. The van der Waals surface area contributed by atoms with Crippen molar-refractivity contribution in [3.05, 3.63) is 29.8 Å². The molecule has 0 bridgehead atoms. The van der Waals surface area contributed by atoms with Gasteiger partial charge in [0.15, 0.2) is 0 Å². The maximum atomic E-state index is 12.3. The molecule has 1 aromatic rings. The van der Waals surface area contributed by atoms with E-state index in [2.05, 4.69) is 0 Å². The molecule has 6 nitrogen and oxygen atoms in total. The molecule has 1 aliphatic rings. The maximum Gasteiger partial charge on any atom is 0.409 e. The van der Waals surface area contributed by atoms with Crippen LogP contribution in [0.4, 0.5) is 4.79 Å². The van der Waals surface area contributed by atoms with Crippen molar-refractivity contribution in [2.45, 2.75) is 33.6 Å². The average Bonchev–Trinajstić information content (AvgIpc) is 2.64. The highest BCUT2D eigenvalue weighted by atomic mass is 16.6. The van der Waals surface area contributed by atoms with Crippen molar-refractivity contribution in [3.63, 3.8) is 0 Å². The minimum atomic E-state index is -0.280. The lowest BCUT2D eigenvalue weighted by atomic mass is 10.2. The van der Waals surface area contributed by atoms with Crippen molar-refractivity contribution in [1.82, 2.24) is 9.80 Å². The first-order valence-electron chi connectivity index (χ1n) is 9.34. The molecule has 1 heterocycles. The zero-order valence-corrected chi connectivity index (χ0v) is 16.1. The van der Waals surface area contributed by atoms with Gasteiger partial charge < -0.3 is 19.3 Å². The van der Waals surface area contributed by atoms with Gasteiger partial charge in [0.05, 0.1) is 13.2 Å². The second-order valence-electron chi connectivity index (χ2n) is 7.10. The van der Waals surface area contributed by atoms with Crippen molar-refractivity contribution in [1.29, 1.82) is 0 Å². The molecule has 2 rings (SSSR count). The molecule has 0 radical (unpaired) electrons. The summed E-state index contributed by atoms with van der Waals surface area (Å²) in [6.45, 7) is 9.19. The minimum absolute atomic E-state index is 0.118. The molecule has 0 unspecified atom stereocenters. The first kappa shape index (κ1) is 20.1. The highest BCUT2D eigenvalue weighted by Crippen LogP contribution is 2.12. The highest BCUT2D eigenvalue weighted by molar-refractivity contribution is 5.76. The molecule has 1 aromatic carbocycles. The summed E-state index contributed by atoms with van der Waals surface area (Å²) in [7, 11) is 0. The lowest BCUT2D eigenvalue weighted by Gasteiger charge is -2.34. The van der Waals surface area contributed by atoms with Crippen LogP contribution >= 0.6 is 0 Å². The number of carbonyl (C=O) groups excluding carboxylic acids is 2. The van der Waals surface area contributed by atoms with Crippen molar-refractivity contribution in [2.24, 2.45) is 5.92 Å². The molecule has 26 heavy (non-hydrogen) atoms. The predicted molar refractivity (Wildman–Crippen MR) is 100 cm³/mol. The molecule has 0 spiro atoms. The van der Waals surface area contributed by atoms with Crippen LogP contribution in [0.3, 0.4) is 0 Å². The highest BCUT2D eigenvalue weighted by Gasteiger charge is 2.24. The summed E-state index contributed by atoms with van der Waals surface area (Å²) in [5.74, 6) is 1.27. The van der Waals surface area contributed by atoms with E-state index in [9.17, 15) is 9.59 Å². The van der Waals surface area contributed by atoms with Crippen LogP contribution in [0.15, 0.2) is 24.3 Å². The molecule has 6 heteroatoms.